The first-order chi connectivity index (χ1) is 16.2. The highest BCUT2D eigenvalue weighted by atomic mass is 35.5. The predicted molar refractivity (Wildman–Crippen MR) is 128 cm³/mol. The average molecular weight is 465 g/mol. The van der Waals surface area contributed by atoms with Crippen LogP contribution in [0.2, 0.25) is 5.02 Å². The Hall–Kier alpha value is -3.20. The molecule has 0 bridgehead atoms. The van der Waals surface area contributed by atoms with Crippen LogP contribution >= 0.6 is 11.6 Å². The van der Waals surface area contributed by atoms with Crippen LogP contribution in [0, 0.1) is 0 Å². The maximum absolute atomic E-state index is 6.36. The van der Waals surface area contributed by atoms with Crippen LogP contribution in [0.3, 0.4) is 0 Å². The molecule has 8 nitrogen and oxygen atoms in total. The van der Waals surface area contributed by atoms with E-state index in [1.54, 1.807) is 13.3 Å². The summed E-state index contributed by atoms with van der Waals surface area (Å²) < 4.78 is 7.13. The van der Waals surface area contributed by atoms with Gasteiger partial charge >= 0.3 is 0 Å². The second kappa shape index (κ2) is 9.35. The number of halogens is 1. The van der Waals surface area contributed by atoms with Crippen molar-refractivity contribution in [1.29, 1.82) is 0 Å². The first-order valence-electron chi connectivity index (χ1n) is 10.9. The third-order valence-corrected chi connectivity index (χ3v) is 6.41. The topological polar surface area (TPSA) is 91.3 Å². The third-order valence-electron chi connectivity index (χ3n) is 6.11. The van der Waals surface area contributed by atoms with Crippen LogP contribution in [0.15, 0.2) is 54.9 Å². The van der Waals surface area contributed by atoms with Gasteiger partial charge in [0.25, 0.3) is 0 Å². The zero-order valence-electron chi connectivity index (χ0n) is 18.3. The number of hydrogen-bond donors (Lipinski definition) is 1. The summed E-state index contributed by atoms with van der Waals surface area (Å²) in [6.07, 6.45) is 6.10. The molecule has 1 saturated heterocycles. The summed E-state index contributed by atoms with van der Waals surface area (Å²) in [5, 5.41) is 16.4. The predicted octanol–water partition coefficient (Wildman–Crippen LogP) is 3.93. The minimum atomic E-state index is 0.0889. The van der Waals surface area contributed by atoms with Gasteiger partial charge in [0.15, 0.2) is 5.82 Å². The van der Waals surface area contributed by atoms with Crippen LogP contribution in [-0.2, 0) is 11.3 Å². The Labute approximate surface area is 196 Å². The van der Waals surface area contributed by atoms with E-state index in [0.717, 1.165) is 59.5 Å². The Bertz CT molecular complexity index is 1260. The summed E-state index contributed by atoms with van der Waals surface area (Å²) in [5.74, 6) is 6.92. The van der Waals surface area contributed by atoms with Crippen molar-refractivity contribution >= 4 is 28.2 Å². The van der Waals surface area contributed by atoms with E-state index < -0.39 is 0 Å². The number of nitrogens with two attached hydrogens (primary N) is 1. The van der Waals surface area contributed by atoms with Gasteiger partial charge in [0.05, 0.1) is 29.6 Å². The molecule has 1 aliphatic rings. The summed E-state index contributed by atoms with van der Waals surface area (Å²) in [5.41, 5.74) is 2.88. The van der Waals surface area contributed by atoms with Crippen LogP contribution < -0.4 is 15.5 Å². The lowest BCUT2D eigenvalue weighted by Crippen LogP contribution is -2.38. The van der Waals surface area contributed by atoms with Crippen molar-refractivity contribution in [2.24, 2.45) is 5.90 Å². The highest BCUT2D eigenvalue weighted by Gasteiger charge is 2.23. The van der Waals surface area contributed by atoms with Gasteiger partial charge < -0.3 is 14.5 Å². The minimum Gasteiger partial charge on any atom is -0.495 e. The molecule has 0 spiro atoms. The average Bonchev–Trinajstić information content (AvgIpc) is 3.39. The van der Waals surface area contributed by atoms with Gasteiger partial charge in [-0.25, -0.2) is 10.6 Å². The molecule has 2 N–H and O–H groups in total. The summed E-state index contributed by atoms with van der Waals surface area (Å²) in [7, 11) is 1.61. The summed E-state index contributed by atoms with van der Waals surface area (Å²) in [6, 6.07) is 14.0. The molecule has 0 aliphatic carbocycles. The number of nitrogens with zero attached hydrogens (tertiary/aromatic N) is 5. The highest BCUT2D eigenvalue weighted by Crippen LogP contribution is 2.32. The van der Waals surface area contributed by atoms with Crippen molar-refractivity contribution in [2.75, 3.05) is 25.1 Å². The number of rotatable bonds is 6. The number of ether oxygens (including phenoxy) is 1. The maximum Gasteiger partial charge on any atom is 0.159 e. The molecular weight excluding hydrogens is 440 g/mol. The van der Waals surface area contributed by atoms with E-state index in [1.807, 2.05) is 35.1 Å². The minimum absolute atomic E-state index is 0.0889. The monoisotopic (exact) mass is 464 g/mol. The van der Waals surface area contributed by atoms with Gasteiger partial charge in [-0.2, -0.15) is 10.2 Å². The van der Waals surface area contributed by atoms with Gasteiger partial charge in [-0.3, -0.25) is 0 Å². The molecule has 1 fully saturated rings. The molecular formula is C24H25ClN6O2. The Morgan fingerprint density at radius 1 is 1.09 bits per heavy atom. The molecule has 0 radical (unpaired) electrons. The standard InChI is InChI=1S/C24H25ClN6O2/c1-32-23-6-3-16(13-21(23)25)14-22-20-15-17(31-10-2-9-27-31)4-5-19(20)24(29-28-22)30-11-7-18(33-26)8-12-30/h2-6,9-10,13,15,18H,7-8,11-12,14,26H2,1H3. The number of fused-ring (bicyclic) bond motifs is 1. The molecule has 170 valence electrons. The maximum atomic E-state index is 6.36. The zero-order chi connectivity index (χ0) is 22.8. The lowest BCUT2D eigenvalue weighted by atomic mass is 10.0. The van der Waals surface area contributed by atoms with Crippen LogP contribution in [0.25, 0.3) is 16.5 Å². The number of methoxy groups -OCH3 is 1. The molecule has 3 heterocycles. The van der Waals surface area contributed by atoms with E-state index in [-0.39, 0.29) is 6.10 Å². The number of piperidine rings is 1. The summed E-state index contributed by atoms with van der Waals surface area (Å²) in [4.78, 5) is 7.30. The largest absolute Gasteiger partial charge is 0.495 e. The van der Waals surface area contributed by atoms with Crippen LogP contribution in [-0.4, -0.2) is 46.3 Å². The van der Waals surface area contributed by atoms with E-state index in [9.17, 15) is 0 Å². The Morgan fingerprint density at radius 2 is 1.94 bits per heavy atom. The Balaban J connectivity index is 1.56. The molecule has 0 unspecified atom stereocenters. The van der Waals surface area contributed by atoms with Crippen LogP contribution in [0.1, 0.15) is 24.1 Å². The molecule has 0 saturated carbocycles. The molecule has 4 aromatic rings. The van der Waals surface area contributed by atoms with E-state index in [2.05, 4.69) is 38.4 Å². The fraction of sp³-hybridized carbons (Fsp3) is 0.292. The van der Waals surface area contributed by atoms with Crippen molar-refractivity contribution in [3.05, 3.63) is 71.1 Å². The summed E-state index contributed by atoms with van der Waals surface area (Å²) >= 11 is 6.36. The third kappa shape index (κ3) is 4.37. The fourth-order valence-corrected chi connectivity index (χ4v) is 4.61. The second-order valence-electron chi connectivity index (χ2n) is 8.12. The van der Waals surface area contributed by atoms with Crippen molar-refractivity contribution < 1.29 is 9.57 Å². The molecule has 33 heavy (non-hydrogen) atoms. The second-order valence-corrected chi connectivity index (χ2v) is 8.53. The summed E-state index contributed by atoms with van der Waals surface area (Å²) in [6.45, 7) is 1.64. The molecule has 0 amide bonds. The molecule has 1 aliphatic heterocycles. The molecule has 0 atom stereocenters. The molecule has 2 aromatic carbocycles. The van der Waals surface area contributed by atoms with Crippen molar-refractivity contribution in [1.82, 2.24) is 20.0 Å². The van der Waals surface area contributed by atoms with Crippen molar-refractivity contribution in [2.45, 2.75) is 25.4 Å². The van der Waals surface area contributed by atoms with Gasteiger partial charge in [-0.15, -0.1) is 5.10 Å². The van der Waals surface area contributed by atoms with Gasteiger partial charge in [0.2, 0.25) is 0 Å². The molecule has 5 rings (SSSR count). The van der Waals surface area contributed by atoms with E-state index in [4.69, 9.17) is 27.1 Å². The van der Waals surface area contributed by atoms with Gasteiger partial charge in [-0.1, -0.05) is 17.7 Å². The number of anilines is 1. The van der Waals surface area contributed by atoms with Gasteiger partial charge in [0, 0.05) is 42.7 Å². The highest BCUT2D eigenvalue weighted by molar-refractivity contribution is 6.32. The number of aromatic nitrogens is 4. The molecule has 2 aromatic heterocycles. The van der Waals surface area contributed by atoms with Gasteiger partial charge in [-0.05, 0) is 54.8 Å². The zero-order valence-corrected chi connectivity index (χ0v) is 19.1. The van der Waals surface area contributed by atoms with Crippen LogP contribution in [0.5, 0.6) is 5.75 Å². The number of hydrogen-bond acceptors (Lipinski definition) is 7. The quantitative estimate of drug-likeness (QED) is 0.432. The molecule has 9 heteroatoms. The van der Waals surface area contributed by atoms with Crippen LogP contribution in [0.4, 0.5) is 5.82 Å². The lowest BCUT2D eigenvalue weighted by Gasteiger charge is -2.32. The normalized spacial score (nSPS) is 14.7. The number of benzene rings is 2. The lowest BCUT2D eigenvalue weighted by molar-refractivity contribution is 0.0367. The first-order valence-corrected chi connectivity index (χ1v) is 11.3. The SMILES string of the molecule is COc1ccc(Cc2nnc(N3CCC(ON)CC3)c3ccc(-n4cccn4)cc23)cc1Cl. The van der Waals surface area contributed by atoms with Crippen molar-refractivity contribution in [3.8, 4) is 11.4 Å². The Kier molecular flexibility index (Phi) is 6.13. The van der Waals surface area contributed by atoms with Crippen molar-refractivity contribution in [3.63, 3.8) is 0 Å². The fourth-order valence-electron chi connectivity index (χ4n) is 4.33. The van der Waals surface area contributed by atoms with E-state index in [0.29, 0.717) is 17.2 Å². The Morgan fingerprint density at radius 3 is 2.64 bits per heavy atom. The van der Waals surface area contributed by atoms with E-state index >= 15 is 0 Å². The van der Waals surface area contributed by atoms with E-state index in [1.165, 1.54) is 0 Å². The first kappa shape index (κ1) is 21.6. The van der Waals surface area contributed by atoms with Gasteiger partial charge in [0.1, 0.15) is 5.75 Å². The smallest absolute Gasteiger partial charge is 0.159 e.